The fourth-order valence-electron chi connectivity index (χ4n) is 3.19. The number of likely N-dealkylation sites (tertiary alicyclic amines) is 1. The first kappa shape index (κ1) is 17.4. The lowest BCUT2D eigenvalue weighted by atomic mass is 9.99. The lowest BCUT2D eigenvalue weighted by Crippen LogP contribution is -2.42. The van der Waals surface area contributed by atoms with Gasteiger partial charge < -0.3 is 10.1 Å². The summed E-state index contributed by atoms with van der Waals surface area (Å²) in [6, 6.07) is 13.6. The molecule has 1 aromatic carbocycles. The molecule has 1 saturated heterocycles. The number of benzene rings is 1. The van der Waals surface area contributed by atoms with Crippen LogP contribution in [0.3, 0.4) is 0 Å². The van der Waals surface area contributed by atoms with Gasteiger partial charge in [0.25, 0.3) is 0 Å². The van der Waals surface area contributed by atoms with Gasteiger partial charge in [-0.2, -0.15) is 0 Å². The number of carbonyl (C=O) groups is 1. The number of aromatic nitrogens is 1. The largest absolute Gasteiger partial charge is 0.477 e. The van der Waals surface area contributed by atoms with E-state index in [2.05, 4.69) is 15.2 Å². The molecule has 1 unspecified atom stereocenters. The first-order valence-electron chi connectivity index (χ1n) is 8.82. The molecule has 0 spiro atoms. The van der Waals surface area contributed by atoms with Crippen LogP contribution in [0, 0.1) is 12.8 Å². The van der Waals surface area contributed by atoms with Crippen LogP contribution in [0.5, 0.6) is 5.88 Å². The molecule has 2 aromatic rings. The first-order chi connectivity index (χ1) is 12.2. The Bertz CT molecular complexity index is 690. The second-order valence-corrected chi connectivity index (χ2v) is 6.64. The third-order valence-electron chi connectivity index (χ3n) is 4.38. The van der Waals surface area contributed by atoms with Crippen molar-refractivity contribution in [1.29, 1.82) is 0 Å². The van der Waals surface area contributed by atoms with Gasteiger partial charge in [0, 0.05) is 30.4 Å². The van der Waals surface area contributed by atoms with E-state index < -0.39 is 0 Å². The molecule has 132 valence electrons. The zero-order chi connectivity index (χ0) is 17.5. The Balaban J connectivity index is 1.45. The third kappa shape index (κ3) is 5.57. The highest BCUT2D eigenvalue weighted by atomic mass is 16.5. The molecule has 0 aliphatic carbocycles. The maximum atomic E-state index is 12.3. The van der Waals surface area contributed by atoms with E-state index >= 15 is 0 Å². The maximum absolute atomic E-state index is 12.3. The van der Waals surface area contributed by atoms with Gasteiger partial charge in [-0.15, -0.1) is 0 Å². The van der Waals surface area contributed by atoms with Crippen molar-refractivity contribution in [3.63, 3.8) is 0 Å². The van der Waals surface area contributed by atoms with E-state index in [4.69, 9.17) is 4.74 Å². The number of carbonyl (C=O) groups excluding carboxylic acids is 1. The van der Waals surface area contributed by atoms with Crippen LogP contribution in [0.25, 0.3) is 0 Å². The maximum Gasteiger partial charge on any atom is 0.238 e. The van der Waals surface area contributed by atoms with Gasteiger partial charge in [-0.25, -0.2) is 4.98 Å². The molecule has 0 radical (unpaired) electrons. The molecule has 3 rings (SSSR count). The minimum Gasteiger partial charge on any atom is -0.477 e. The van der Waals surface area contributed by atoms with Crippen LogP contribution in [0.4, 0.5) is 5.69 Å². The minimum absolute atomic E-state index is 0.0388. The summed E-state index contributed by atoms with van der Waals surface area (Å²) in [7, 11) is 0. The van der Waals surface area contributed by atoms with Crippen molar-refractivity contribution in [3.05, 3.63) is 54.2 Å². The third-order valence-corrected chi connectivity index (χ3v) is 4.38. The number of hydrogen-bond acceptors (Lipinski definition) is 4. The highest BCUT2D eigenvalue weighted by Crippen LogP contribution is 2.18. The summed E-state index contributed by atoms with van der Waals surface area (Å²) >= 11 is 0. The van der Waals surface area contributed by atoms with Crippen molar-refractivity contribution in [1.82, 2.24) is 9.88 Å². The Morgan fingerprint density at radius 2 is 2.24 bits per heavy atom. The molecule has 1 aromatic heterocycles. The molecule has 1 amide bonds. The molecule has 1 atom stereocenters. The average molecular weight is 339 g/mol. The van der Waals surface area contributed by atoms with Gasteiger partial charge in [0.2, 0.25) is 11.8 Å². The second-order valence-electron chi connectivity index (χ2n) is 6.64. The molecule has 1 fully saturated rings. The van der Waals surface area contributed by atoms with Gasteiger partial charge in [0.1, 0.15) is 0 Å². The Morgan fingerprint density at radius 1 is 1.32 bits per heavy atom. The minimum atomic E-state index is 0.0388. The number of hydrogen-bond donors (Lipinski definition) is 1. The van der Waals surface area contributed by atoms with E-state index in [9.17, 15) is 4.79 Å². The number of aryl methyl sites for hydroxylation is 1. The van der Waals surface area contributed by atoms with Crippen LogP contribution in [-0.4, -0.2) is 42.0 Å². The molecule has 5 heteroatoms. The van der Waals surface area contributed by atoms with Crippen molar-refractivity contribution in [3.8, 4) is 5.88 Å². The van der Waals surface area contributed by atoms with E-state index in [1.165, 1.54) is 0 Å². The van der Waals surface area contributed by atoms with E-state index in [1.54, 1.807) is 6.20 Å². The molecule has 1 N–H and O–H groups in total. The van der Waals surface area contributed by atoms with Crippen molar-refractivity contribution < 1.29 is 9.53 Å². The summed E-state index contributed by atoms with van der Waals surface area (Å²) in [4.78, 5) is 18.7. The van der Waals surface area contributed by atoms with Crippen LogP contribution >= 0.6 is 0 Å². The lowest BCUT2D eigenvalue weighted by Gasteiger charge is -2.31. The average Bonchev–Trinajstić information content (AvgIpc) is 2.61. The van der Waals surface area contributed by atoms with E-state index in [1.807, 2.05) is 49.4 Å². The molecule has 25 heavy (non-hydrogen) atoms. The highest BCUT2D eigenvalue weighted by Gasteiger charge is 2.22. The Labute approximate surface area is 149 Å². The van der Waals surface area contributed by atoms with Crippen molar-refractivity contribution in [2.24, 2.45) is 5.92 Å². The molecule has 0 saturated carbocycles. The number of nitrogens with one attached hydrogen (secondary N) is 1. The monoisotopic (exact) mass is 339 g/mol. The summed E-state index contributed by atoms with van der Waals surface area (Å²) in [5.41, 5.74) is 2.00. The predicted octanol–water partition coefficient (Wildman–Crippen LogP) is 3.12. The van der Waals surface area contributed by atoms with Gasteiger partial charge in [-0.3, -0.25) is 9.69 Å². The number of rotatable bonds is 6. The Morgan fingerprint density at radius 3 is 3.04 bits per heavy atom. The highest BCUT2D eigenvalue weighted by molar-refractivity contribution is 5.92. The molecular weight excluding hydrogens is 314 g/mol. The molecular formula is C20H25N3O2. The van der Waals surface area contributed by atoms with Crippen LogP contribution < -0.4 is 10.1 Å². The van der Waals surface area contributed by atoms with E-state index in [-0.39, 0.29) is 5.91 Å². The number of piperidine rings is 1. The van der Waals surface area contributed by atoms with Gasteiger partial charge in [-0.05, 0) is 50.1 Å². The number of amides is 1. The standard InChI is InChI=1S/C20H25N3O2/c1-16-6-4-8-18(12-16)22-19(24)14-23-11-5-7-17(13-23)15-25-20-9-2-3-10-21-20/h2-4,6,8-10,12,17H,5,7,11,13-15H2,1H3,(H,22,24). The number of nitrogens with zero attached hydrogens (tertiary/aromatic N) is 2. The van der Waals surface area contributed by atoms with Gasteiger partial charge in [-0.1, -0.05) is 18.2 Å². The second kappa shape index (κ2) is 8.62. The first-order valence-corrected chi connectivity index (χ1v) is 8.82. The number of anilines is 1. The Kier molecular flexibility index (Phi) is 6.01. The topological polar surface area (TPSA) is 54.5 Å². The van der Waals surface area contributed by atoms with Gasteiger partial charge >= 0.3 is 0 Å². The predicted molar refractivity (Wildman–Crippen MR) is 98.7 cm³/mol. The fraction of sp³-hybridized carbons (Fsp3) is 0.400. The molecule has 1 aliphatic heterocycles. The number of pyridine rings is 1. The zero-order valence-corrected chi connectivity index (χ0v) is 14.6. The van der Waals surface area contributed by atoms with Gasteiger partial charge in [0.05, 0.1) is 13.2 Å². The molecule has 0 bridgehead atoms. The smallest absolute Gasteiger partial charge is 0.238 e. The van der Waals surface area contributed by atoms with Crippen LogP contribution in [-0.2, 0) is 4.79 Å². The van der Waals surface area contributed by atoms with Crippen molar-refractivity contribution >= 4 is 11.6 Å². The van der Waals surface area contributed by atoms with Crippen LogP contribution in [0.1, 0.15) is 18.4 Å². The summed E-state index contributed by atoms with van der Waals surface area (Å²) < 4.78 is 5.77. The quantitative estimate of drug-likeness (QED) is 0.878. The van der Waals surface area contributed by atoms with E-state index in [0.29, 0.717) is 24.9 Å². The molecule has 5 nitrogen and oxygen atoms in total. The molecule has 1 aliphatic rings. The normalized spacial score (nSPS) is 17.9. The number of ether oxygens (including phenoxy) is 1. The van der Waals surface area contributed by atoms with Crippen molar-refractivity contribution in [2.75, 3.05) is 31.6 Å². The summed E-state index contributed by atoms with van der Waals surface area (Å²) in [6.07, 6.45) is 3.95. The van der Waals surface area contributed by atoms with E-state index in [0.717, 1.165) is 37.2 Å². The fourth-order valence-corrected chi connectivity index (χ4v) is 3.19. The molecule has 2 heterocycles. The Hall–Kier alpha value is -2.40. The summed E-state index contributed by atoms with van der Waals surface area (Å²) in [5, 5.41) is 2.98. The summed E-state index contributed by atoms with van der Waals surface area (Å²) in [5.74, 6) is 1.14. The van der Waals surface area contributed by atoms with Crippen LogP contribution in [0.2, 0.25) is 0 Å². The van der Waals surface area contributed by atoms with Crippen molar-refractivity contribution in [2.45, 2.75) is 19.8 Å². The lowest BCUT2D eigenvalue weighted by molar-refractivity contribution is -0.117. The van der Waals surface area contributed by atoms with Gasteiger partial charge in [0.15, 0.2) is 0 Å². The SMILES string of the molecule is Cc1cccc(NC(=O)CN2CCCC(COc3ccccn3)C2)c1. The summed E-state index contributed by atoms with van der Waals surface area (Å²) in [6.45, 7) is 4.93. The van der Waals surface area contributed by atoms with Crippen LogP contribution in [0.15, 0.2) is 48.7 Å². The zero-order valence-electron chi connectivity index (χ0n) is 14.6.